The summed E-state index contributed by atoms with van der Waals surface area (Å²) in [6.07, 6.45) is 4.24. The van der Waals surface area contributed by atoms with Gasteiger partial charge in [0, 0.05) is 17.9 Å². The number of halogens is 1. The minimum Gasteiger partial charge on any atom is -0.488 e. The fraction of sp³-hybridized carbons (Fsp3) is 0.649. The first-order valence-corrected chi connectivity index (χ1v) is 20.6. The van der Waals surface area contributed by atoms with E-state index >= 15 is 0 Å². The molecule has 6 rings (SSSR count). The molecule has 54 heavy (non-hydrogen) atoms. The maximum atomic E-state index is 14.5. The zero-order chi connectivity index (χ0) is 38.8. The summed E-state index contributed by atoms with van der Waals surface area (Å²) in [6, 6.07) is 4.73. The van der Waals surface area contributed by atoms with Crippen molar-refractivity contribution < 1.29 is 46.0 Å². The zero-order valence-electron chi connectivity index (χ0n) is 31.2. The van der Waals surface area contributed by atoms with Crippen LogP contribution in [0.4, 0.5) is 4.79 Å². The van der Waals surface area contributed by atoms with Gasteiger partial charge in [-0.3, -0.25) is 18.6 Å². The van der Waals surface area contributed by atoms with Gasteiger partial charge in [-0.15, -0.1) is 0 Å². The van der Waals surface area contributed by atoms with E-state index < -0.39 is 69.6 Å². The van der Waals surface area contributed by atoms with Gasteiger partial charge in [0.25, 0.3) is 5.91 Å². The minimum atomic E-state index is -4.40. The molecule has 2 saturated carbocycles. The van der Waals surface area contributed by atoms with Gasteiger partial charge in [0.05, 0.1) is 29.8 Å². The van der Waals surface area contributed by atoms with Gasteiger partial charge in [-0.05, 0) is 77.8 Å². The molecule has 15 nitrogen and oxygen atoms in total. The molecule has 0 unspecified atom stereocenters. The van der Waals surface area contributed by atoms with Gasteiger partial charge in [0.15, 0.2) is 0 Å². The lowest BCUT2D eigenvalue weighted by atomic mass is 10.0. The van der Waals surface area contributed by atoms with E-state index in [-0.39, 0.29) is 31.2 Å². The highest BCUT2D eigenvalue weighted by molar-refractivity contribution is 7.85. The molecule has 4 amide bonds. The van der Waals surface area contributed by atoms with Crippen molar-refractivity contribution in [1.82, 2.24) is 25.2 Å². The number of carbonyl (C=O) groups excluding carboxylic acids is 4. The smallest absolute Gasteiger partial charge is 0.408 e. The predicted octanol–water partition coefficient (Wildman–Crippen LogP) is 4.69. The topological polar surface area (TPSA) is 192 Å². The monoisotopic (exact) mass is 791 g/mol. The Bertz CT molecular complexity index is 1870. The Balaban J connectivity index is 1.32. The summed E-state index contributed by atoms with van der Waals surface area (Å²) >= 11 is 6.50. The standard InChI is InChI=1S/C37H50ClN5O10S/c1-5-50-30-19-29(25-13-11-14-26(38)31(25)40-30)51-24-18-28-32(44)41-37(34(46)42-54(48,49)53-23-16-17-23)20-22(37)12-9-7-6-8-10-15-27(33(45)43(28)21-24)39-35(47)52-36(2,3)4/h11,13-14,19,22-24,27-28H,5-10,12,15-18,20-21H2,1-4H3,(H,39,47)(H,41,44)(H,42,46)/t22-,24+,27-,28-,37+/m0/s1. The van der Waals surface area contributed by atoms with Crippen LogP contribution in [0.3, 0.4) is 0 Å². The van der Waals surface area contributed by atoms with Crippen molar-refractivity contribution in [3.8, 4) is 11.6 Å². The fourth-order valence-corrected chi connectivity index (χ4v) is 8.48. The molecule has 2 aliphatic heterocycles. The number of nitrogens with zero attached hydrogens (tertiary/aromatic N) is 2. The van der Waals surface area contributed by atoms with E-state index in [0.717, 1.165) is 25.7 Å². The van der Waals surface area contributed by atoms with E-state index in [0.29, 0.717) is 60.4 Å². The van der Waals surface area contributed by atoms with E-state index in [1.165, 1.54) is 4.90 Å². The number of fused-ring (bicyclic) bond motifs is 3. The maximum Gasteiger partial charge on any atom is 0.408 e. The van der Waals surface area contributed by atoms with Crippen LogP contribution in [0.1, 0.15) is 98.3 Å². The average Bonchev–Trinajstić information content (AvgIpc) is 3.98. The first kappa shape index (κ1) is 39.8. The maximum absolute atomic E-state index is 14.5. The van der Waals surface area contributed by atoms with Gasteiger partial charge in [-0.1, -0.05) is 49.8 Å². The molecule has 1 aromatic carbocycles. The van der Waals surface area contributed by atoms with Crippen LogP contribution in [0, 0.1) is 5.92 Å². The van der Waals surface area contributed by atoms with Gasteiger partial charge in [-0.25, -0.2) is 14.5 Å². The van der Waals surface area contributed by atoms with Crippen molar-refractivity contribution in [2.45, 2.75) is 134 Å². The number of carbonyl (C=O) groups is 4. The number of amides is 4. The van der Waals surface area contributed by atoms with Crippen molar-refractivity contribution in [3.05, 3.63) is 29.3 Å². The van der Waals surface area contributed by atoms with E-state index in [1.807, 2.05) is 11.6 Å². The second-order valence-corrected chi connectivity index (χ2v) is 17.3. The highest BCUT2D eigenvalue weighted by Gasteiger charge is 2.62. The minimum absolute atomic E-state index is 0.0243. The predicted molar refractivity (Wildman–Crippen MR) is 198 cm³/mol. The van der Waals surface area contributed by atoms with Crippen LogP contribution in [-0.2, 0) is 33.6 Å². The number of benzene rings is 1. The van der Waals surface area contributed by atoms with Crippen molar-refractivity contribution in [3.63, 3.8) is 0 Å². The number of hydrogen-bond acceptors (Lipinski definition) is 11. The second-order valence-electron chi connectivity index (χ2n) is 15.6. The van der Waals surface area contributed by atoms with Crippen molar-refractivity contribution >= 4 is 56.6 Å². The molecule has 2 saturated heterocycles. The molecule has 0 radical (unpaired) electrons. The third kappa shape index (κ3) is 9.66. The van der Waals surface area contributed by atoms with Gasteiger partial charge >= 0.3 is 16.4 Å². The van der Waals surface area contributed by atoms with Crippen LogP contribution in [-0.4, -0.2) is 90.7 Å². The summed E-state index contributed by atoms with van der Waals surface area (Å²) in [5.74, 6) is -1.67. The number of rotatable bonds is 9. The van der Waals surface area contributed by atoms with Gasteiger partial charge in [0.1, 0.15) is 35.1 Å². The van der Waals surface area contributed by atoms with Crippen LogP contribution in [0.5, 0.6) is 11.6 Å². The van der Waals surface area contributed by atoms with Crippen LogP contribution in [0.15, 0.2) is 24.3 Å². The van der Waals surface area contributed by atoms with Gasteiger partial charge in [-0.2, -0.15) is 8.42 Å². The second kappa shape index (κ2) is 16.1. The quantitative estimate of drug-likeness (QED) is 0.319. The first-order valence-electron chi connectivity index (χ1n) is 18.8. The lowest BCUT2D eigenvalue weighted by molar-refractivity contribution is -0.141. The Hall–Kier alpha value is -3.89. The van der Waals surface area contributed by atoms with Crippen molar-refractivity contribution in [2.24, 2.45) is 5.92 Å². The summed E-state index contributed by atoms with van der Waals surface area (Å²) in [4.78, 5) is 61.5. The molecule has 3 heterocycles. The summed E-state index contributed by atoms with van der Waals surface area (Å²) in [7, 11) is -4.40. The molecule has 0 spiro atoms. The number of hydrogen-bond donors (Lipinski definition) is 3. The van der Waals surface area contributed by atoms with Crippen molar-refractivity contribution in [1.29, 1.82) is 0 Å². The Morgan fingerprint density at radius 3 is 2.48 bits per heavy atom. The molecule has 3 N–H and O–H groups in total. The Morgan fingerprint density at radius 1 is 1.06 bits per heavy atom. The third-order valence-corrected chi connectivity index (χ3v) is 11.3. The lowest BCUT2D eigenvalue weighted by Crippen LogP contribution is -2.58. The van der Waals surface area contributed by atoms with E-state index in [9.17, 15) is 27.6 Å². The molecule has 4 fully saturated rings. The summed E-state index contributed by atoms with van der Waals surface area (Å²) in [6.45, 7) is 7.29. The number of alkyl carbamates (subject to hydrolysis) is 1. The van der Waals surface area contributed by atoms with Gasteiger partial charge in [0.2, 0.25) is 17.7 Å². The van der Waals surface area contributed by atoms with Crippen LogP contribution < -0.4 is 24.8 Å². The highest BCUT2D eigenvalue weighted by atomic mass is 35.5. The first-order chi connectivity index (χ1) is 25.6. The lowest BCUT2D eigenvalue weighted by Gasteiger charge is -2.30. The summed E-state index contributed by atoms with van der Waals surface area (Å²) in [5, 5.41) is 6.60. The normalized spacial score (nSPS) is 26.7. The van der Waals surface area contributed by atoms with Gasteiger partial charge < -0.3 is 29.7 Å². The van der Waals surface area contributed by atoms with Crippen LogP contribution >= 0.6 is 11.6 Å². The molecular weight excluding hydrogens is 742 g/mol. The fourth-order valence-electron chi connectivity index (χ4n) is 7.25. The number of ether oxygens (including phenoxy) is 3. The van der Waals surface area contributed by atoms with E-state index in [2.05, 4.69) is 15.6 Å². The Morgan fingerprint density at radius 2 is 1.78 bits per heavy atom. The highest BCUT2D eigenvalue weighted by Crippen LogP contribution is 2.48. The molecule has 17 heteroatoms. The molecule has 0 bridgehead atoms. The molecule has 5 atom stereocenters. The molecule has 296 valence electrons. The van der Waals surface area contributed by atoms with Crippen LogP contribution in [0.2, 0.25) is 5.02 Å². The SMILES string of the molecule is CCOc1cc(O[C@@H]2C[C@H]3C(=O)N[C@]4(C(=O)NS(=O)(=O)OC5CC5)C[C@@H]4CCCCCCC[C@H](NC(=O)OC(C)(C)C)C(=O)N3C2)c2cccc(Cl)c2n1. The molecule has 4 aliphatic rings. The van der Waals surface area contributed by atoms with Crippen LogP contribution in [0.25, 0.3) is 10.9 Å². The third-order valence-electron chi connectivity index (χ3n) is 10.1. The number of para-hydroxylation sites is 1. The molecular formula is C37H50ClN5O10S. The van der Waals surface area contributed by atoms with E-state index in [1.54, 1.807) is 45.0 Å². The number of pyridine rings is 1. The summed E-state index contributed by atoms with van der Waals surface area (Å²) in [5.41, 5.74) is -1.87. The average molecular weight is 792 g/mol. The summed E-state index contributed by atoms with van der Waals surface area (Å²) < 4.78 is 50.2. The molecule has 1 aromatic heterocycles. The largest absolute Gasteiger partial charge is 0.488 e. The Kier molecular flexibility index (Phi) is 11.8. The Labute approximate surface area is 320 Å². The number of nitrogens with one attached hydrogen (secondary N) is 3. The number of aromatic nitrogens is 1. The van der Waals surface area contributed by atoms with Crippen molar-refractivity contribution in [2.75, 3.05) is 13.2 Å². The molecule has 2 aliphatic carbocycles. The molecule has 2 aromatic rings. The zero-order valence-corrected chi connectivity index (χ0v) is 32.7. The van der Waals surface area contributed by atoms with E-state index in [4.69, 9.17) is 30.0 Å².